The van der Waals surface area contributed by atoms with Crippen LogP contribution >= 0.6 is 22.6 Å². The molecule has 0 amide bonds. The number of aryl methyl sites for hydroxylation is 1. The van der Waals surface area contributed by atoms with Gasteiger partial charge in [0.05, 0.1) is 0 Å². The zero-order valence-corrected chi connectivity index (χ0v) is 13.7. The monoisotopic (exact) mass is 386 g/mol. The van der Waals surface area contributed by atoms with Crippen molar-refractivity contribution in [1.82, 2.24) is 0 Å². The van der Waals surface area contributed by atoms with Gasteiger partial charge < -0.3 is 0 Å². The Bertz CT molecular complexity index is 792. The standard InChI is InChI=1S/C19H15IO/c20-18-8-4-3-6-15(18)11-12-19(21)17-10-9-14-5-1-2-7-16(14)13-17/h1-10,13H,11-12H2. The summed E-state index contributed by atoms with van der Waals surface area (Å²) in [5.41, 5.74) is 2.05. The molecule has 0 aliphatic carbocycles. The number of halogens is 1. The number of fused-ring (bicyclic) bond motifs is 1. The Hall–Kier alpha value is -1.68. The molecule has 0 N–H and O–H groups in total. The number of benzene rings is 3. The molecule has 0 aliphatic heterocycles. The molecule has 0 atom stereocenters. The van der Waals surface area contributed by atoms with Gasteiger partial charge in [-0.05, 0) is 57.5 Å². The largest absolute Gasteiger partial charge is 0.294 e. The zero-order chi connectivity index (χ0) is 14.7. The summed E-state index contributed by atoms with van der Waals surface area (Å²) in [7, 11) is 0. The molecule has 0 saturated heterocycles. The van der Waals surface area contributed by atoms with Crippen LogP contribution in [-0.2, 0) is 6.42 Å². The third-order valence-corrected chi connectivity index (χ3v) is 4.70. The molecule has 1 nitrogen and oxygen atoms in total. The fraction of sp³-hybridized carbons (Fsp3) is 0.105. The maximum Gasteiger partial charge on any atom is 0.163 e. The van der Waals surface area contributed by atoms with Gasteiger partial charge in [-0.15, -0.1) is 0 Å². The Balaban J connectivity index is 1.76. The van der Waals surface area contributed by atoms with Crippen molar-refractivity contribution in [2.45, 2.75) is 12.8 Å². The van der Waals surface area contributed by atoms with Crippen molar-refractivity contribution < 1.29 is 4.79 Å². The van der Waals surface area contributed by atoms with Crippen molar-refractivity contribution >= 4 is 39.1 Å². The van der Waals surface area contributed by atoms with E-state index in [1.54, 1.807) is 0 Å². The predicted molar refractivity (Wildman–Crippen MR) is 95.8 cm³/mol. The van der Waals surface area contributed by atoms with Gasteiger partial charge in [0.1, 0.15) is 0 Å². The van der Waals surface area contributed by atoms with Crippen LogP contribution in [-0.4, -0.2) is 5.78 Å². The highest BCUT2D eigenvalue weighted by Gasteiger charge is 2.08. The second-order valence-electron chi connectivity index (χ2n) is 5.08. The molecule has 21 heavy (non-hydrogen) atoms. The fourth-order valence-corrected chi connectivity index (χ4v) is 3.11. The van der Waals surface area contributed by atoms with E-state index in [2.05, 4.69) is 40.8 Å². The first-order valence-electron chi connectivity index (χ1n) is 6.99. The molecule has 0 fully saturated rings. The molecular weight excluding hydrogens is 371 g/mol. The fourth-order valence-electron chi connectivity index (χ4n) is 2.46. The Morgan fingerprint density at radius 3 is 2.38 bits per heavy atom. The average Bonchev–Trinajstić information content (AvgIpc) is 2.53. The van der Waals surface area contributed by atoms with Gasteiger partial charge in [-0.2, -0.15) is 0 Å². The molecular formula is C19H15IO. The normalized spacial score (nSPS) is 10.7. The molecule has 3 rings (SSSR count). The quantitative estimate of drug-likeness (QED) is 0.442. The van der Waals surface area contributed by atoms with Crippen LogP contribution < -0.4 is 0 Å². The highest BCUT2D eigenvalue weighted by atomic mass is 127. The lowest BCUT2D eigenvalue weighted by atomic mass is 10.00. The summed E-state index contributed by atoms with van der Waals surface area (Å²) in [5.74, 6) is 0.209. The minimum atomic E-state index is 0.209. The van der Waals surface area contributed by atoms with Crippen LogP contribution in [0.4, 0.5) is 0 Å². The van der Waals surface area contributed by atoms with Crippen molar-refractivity contribution in [2.75, 3.05) is 0 Å². The van der Waals surface area contributed by atoms with Crippen molar-refractivity contribution in [3.05, 3.63) is 81.4 Å². The number of carbonyl (C=O) groups excluding carboxylic acids is 1. The summed E-state index contributed by atoms with van der Waals surface area (Å²) in [4.78, 5) is 12.4. The second kappa shape index (κ2) is 6.39. The van der Waals surface area contributed by atoms with Gasteiger partial charge in [-0.3, -0.25) is 4.79 Å². The molecule has 2 heteroatoms. The third-order valence-electron chi connectivity index (χ3n) is 3.65. The molecule has 0 radical (unpaired) electrons. The Morgan fingerprint density at radius 1 is 0.857 bits per heavy atom. The minimum absolute atomic E-state index is 0.209. The van der Waals surface area contributed by atoms with E-state index < -0.39 is 0 Å². The smallest absolute Gasteiger partial charge is 0.163 e. The molecule has 0 heterocycles. The Morgan fingerprint density at radius 2 is 1.57 bits per heavy atom. The summed E-state index contributed by atoms with van der Waals surface area (Å²) < 4.78 is 1.22. The molecule has 104 valence electrons. The van der Waals surface area contributed by atoms with E-state index in [0.29, 0.717) is 6.42 Å². The van der Waals surface area contributed by atoms with Crippen LogP contribution in [0.3, 0.4) is 0 Å². The number of Topliss-reactive ketones (excluding diaryl/α,β-unsaturated/α-hetero) is 1. The third kappa shape index (κ3) is 3.32. The molecule has 3 aromatic carbocycles. The van der Waals surface area contributed by atoms with E-state index >= 15 is 0 Å². The lowest BCUT2D eigenvalue weighted by Gasteiger charge is -2.05. The zero-order valence-electron chi connectivity index (χ0n) is 11.6. The van der Waals surface area contributed by atoms with Crippen LogP contribution in [0.1, 0.15) is 22.3 Å². The molecule has 0 spiro atoms. The summed E-state index contributed by atoms with van der Waals surface area (Å²) in [6.07, 6.45) is 1.35. The Labute approximate surface area is 138 Å². The van der Waals surface area contributed by atoms with E-state index in [0.717, 1.165) is 17.4 Å². The lowest BCUT2D eigenvalue weighted by molar-refractivity contribution is 0.0983. The van der Waals surface area contributed by atoms with Crippen molar-refractivity contribution in [3.63, 3.8) is 0 Å². The highest BCUT2D eigenvalue weighted by Crippen LogP contribution is 2.18. The van der Waals surface area contributed by atoms with Gasteiger partial charge in [-0.25, -0.2) is 0 Å². The lowest BCUT2D eigenvalue weighted by Crippen LogP contribution is -2.02. The Kier molecular flexibility index (Phi) is 4.34. The van der Waals surface area contributed by atoms with Crippen molar-refractivity contribution in [1.29, 1.82) is 0 Å². The van der Waals surface area contributed by atoms with Crippen molar-refractivity contribution in [3.8, 4) is 0 Å². The number of hydrogen-bond donors (Lipinski definition) is 0. The van der Waals surface area contributed by atoms with Crippen LogP contribution in [0.2, 0.25) is 0 Å². The van der Waals surface area contributed by atoms with Gasteiger partial charge in [0.25, 0.3) is 0 Å². The topological polar surface area (TPSA) is 17.1 Å². The number of rotatable bonds is 4. The first-order valence-corrected chi connectivity index (χ1v) is 8.07. The van der Waals surface area contributed by atoms with Crippen LogP contribution in [0.5, 0.6) is 0 Å². The average molecular weight is 386 g/mol. The molecule has 0 bridgehead atoms. The molecule has 3 aromatic rings. The van der Waals surface area contributed by atoms with Crippen LogP contribution in [0.25, 0.3) is 10.8 Å². The first-order chi connectivity index (χ1) is 10.2. The first kappa shape index (κ1) is 14.3. The van der Waals surface area contributed by atoms with E-state index in [-0.39, 0.29) is 5.78 Å². The molecule has 0 aliphatic rings. The van der Waals surface area contributed by atoms with E-state index in [9.17, 15) is 4.79 Å². The number of hydrogen-bond acceptors (Lipinski definition) is 1. The predicted octanol–water partition coefficient (Wildman–Crippen LogP) is 5.26. The summed E-state index contributed by atoms with van der Waals surface area (Å²) in [6, 6.07) is 22.3. The molecule has 0 aromatic heterocycles. The highest BCUT2D eigenvalue weighted by molar-refractivity contribution is 14.1. The minimum Gasteiger partial charge on any atom is -0.294 e. The van der Waals surface area contributed by atoms with Gasteiger partial charge in [0.15, 0.2) is 5.78 Å². The number of ketones is 1. The summed E-state index contributed by atoms with van der Waals surface area (Å²) >= 11 is 2.32. The summed E-state index contributed by atoms with van der Waals surface area (Å²) in [5, 5.41) is 2.30. The van der Waals surface area contributed by atoms with Crippen LogP contribution in [0, 0.1) is 3.57 Å². The van der Waals surface area contributed by atoms with E-state index in [1.807, 2.05) is 48.5 Å². The van der Waals surface area contributed by atoms with Gasteiger partial charge in [0.2, 0.25) is 0 Å². The maximum absolute atomic E-state index is 12.4. The van der Waals surface area contributed by atoms with E-state index in [4.69, 9.17) is 0 Å². The van der Waals surface area contributed by atoms with Crippen molar-refractivity contribution in [2.24, 2.45) is 0 Å². The summed E-state index contributed by atoms with van der Waals surface area (Å²) in [6.45, 7) is 0. The second-order valence-corrected chi connectivity index (χ2v) is 6.24. The SMILES string of the molecule is O=C(CCc1ccccc1I)c1ccc2ccccc2c1. The van der Waals surface area contributed by atoms with E-state index in [1.165, 1.54) is 14.5 Å². The molecule has 0 unspecified atom stereocenters. The van der Waals surface area contributed by atoms with Gasteiger partial charge in [-0.1, -0.05) is 54.6 Å². The molecule has 0 saturated carbocycles. The van der Waals surface area contributed by atoms with Crippen LogP contribution in [0.15, 0.2) is 66.7 Å². The van der Waals surface area contributed by atoms with Gasteiger partial charge >= 0.3 is 0 Å². The number of carbonyl (C=O) groups is 1. The maximum atomic E-state index is 12.4. The van der Waals surface area contributed by atoms with Gasteiger partial charge in [0, 0.05) is 15.6 Å².